The summed E-state index contributed by atoms with van der Waals surface area (Å²) < 4.78 is 0. The predicted octanol–water partition coefficient (Wildman–Crippen LogP) is 4.31. The van der Waals surface area contributed by atoms with Crippen LogP contribution in [0.5, 0.6) is 0 Å². The summed E-state index contributed by atoms with van der Waals surface area (Å²) in [4.78, 5) is 45.4. The monoisotopic (exact) mass is 514 g/mol. The lowest BCUT2D eigenvalue weighted by molar-refractivity contribution is -0.125. The highest BCUT2D eigenvalue weighted by molar-refractivity contribution is 7.98. The number of carbonyl (C=O) groups is 3. The lowest BCUT2D eigenvalue weighted by atomic mass is 9.92. The fourth-order valence-electron chi connectivity index (χ4n) is 5.23. The number of thiazole rings is 1. The zero-order valence-electron chi connectivity index (χ0n) is 20.7. The molecule has 1 aromatic heterocycles. The molecule has 9 heteroatoms. The van der Waals surface area contributed by atoms with E-state index < -0.39 is 0 Å². The zero-order valence-corrected chi connectivity index (χ0v) is 22.3. The first-order chi connectivity index (χ1) is 16.8. The van der Waals surface area contributed by atoms with Crippen molar-refractivity contribution in [1.29, 1.82) is 0 Å². The number of carbonyl (C=O) groups excluding carboxylic acids is 3. The third-order valence-electron chi connectivity index (χ3n) is 6.77. The molecule has 3 atom stereocenters. The van der Waals surface area contributed by atoms with Gasteiger partial charge in [0.25, 0.3) is 5.91 Å². The lowest BCUT2D eigenvalue weighted by Crippen LogP contribution is -2.38. The van der Waals surface area contributed by atoms with Crippen molar-refractivity contribution >= 4 is 41.3 Å². The highest BCUT2D eigenvalue weighted by Gasteiger charge is 2.32. The van der Waals surface area contributed by atoms with Crippen molar-refractivity contribution in [2.75, 3.05) is 13.1 Å². The maximum absolute atomic E-state index is 13.0. The first kappa shape index (κ1) is 25.9. The van der Waals surface area contributed by atoms with E-state index in [1.165, 1.54) is 6.42 Å². The molecule has 3 heterocycles. The molecule has 0 radical (unpaired) electrons. The van der Waals surface area contributed by atoms with Crippen LogP contribution in [0, 0.1) is 11.8 Å². The quantitative estimate of drug-likeness (QED) is 0.376. The molecule has 1 N–H and O–H groups in total. The molecule has 1 fully saturated rings. The molecule has 2 aromatic rings. The van der Waals surface area contributed by atoms with E-state index in [-0.39, 0.29) is 24.3 Å². The van der Waals surface area contributed by atoms with Gasteiger partial charge in [0.15, 0.2) is 0 Å². The van der Waals surface area contributed by atoms with Crippen LogP contribution < -0.4 is 5.32 Å². The number of benzene rings is 1. The summed E-state index contributed by atoms with van der Waals surface area (Å²) in [5.74, 6) is 1.95. The number of imide groups is 1. The topological polar surface area (TPSA) is 82.6 Å². The number of amides is 3. The number of thioether (sulfide) groups is 1. The van der Waals surface area contributed by atoms with Crippen molar-refractivity contribution in [3.63, 3.8) is 0 Å². The molecule has 2 aliphatic rings. The van der Waals surface area contributed by atoms with E-state index in [2.05, 4.69) is 35.5 Å². The molecule has 0 saturated carbocycles. The zero-order chi connectivity index (χ0) is 24.9. The molecule has 188 valence electrons. The number of hydrogen-bond donors (Lipinski definition) is 1. The standard InChI is InChI=1S/C26H34N4O3S2/c1-17-9-18(2)11-29(10-17)12-20-14-35-25(28-20)15-34-23-6-4-5-21-22(23)13-30(26(21)33)19(3)7-8-24(32)27-16-31/h4-6,14,16-19H,7-13,15H2,1-3H3,(H,27,31,32). The van der Waals surface area contributed by atoms with Gasteiger partial charge in [0.05, 0.1) is 11.4 Å². The molecule has 0 aliphatic carbocycles. The van der Waals surface area contributed by atoms with Gasteiger partial charge < -0.3 is 4.90 Å². The molecule has 7 nitrogen and oxygen atoms in total. The number of likely N-dealkylation sites (tertiary alicyclic amines) is 1. The fourth-order valence-corrected chi connectivity index (χ4v) is 7.11. The van der Waals surface area contributed by atoms with E-state index in [0.29, 0.717) is 19.4 Å². The third kappa shape index (κ3) is 6.51. The van der Waals surface area contributed by atoms with Gasteiger partial charge in [0.1, 0.15) is 5.01 Å². The van der Waals surface area contributed by atoms with Crippen molar-refractivity contribution in [3.8, 4) is 0 Å². The summed E-state index contributed by atoms with van der Waals surface area (Å²) in [7, 11) is 0. The SMILES string of the molecule is CC1CC(C)CN(Cc2csc(CSc3cccc4c3CN(C(C)CCC(=O)NC=O)C4=O)n2)C1. The smallest absolute Gasteiger partial charge is 0.254 e. The molecule has 4 rings (SSSR count). The van der Waals surface area contributed by atoms with Crippen molar-refractivity contribution in [2.24, 2.45) is 11.8 Å². The lowest BCUT2D eigenvalue weighted by Gasteiger charge is -2.34. The summed E-state index contributed by atoms with van der Waals surface area (Å²) in [5.41, 5.74) is 2.95. The Labute approximate surface area is 215 Å². The average molecular weight is 515 g/mol. The van der Waals surface area contributed by atoms with Crippen molar-refractivity contribution in [1.82, 2.24) is 20.1 Å². The van der Waals surface area contributed by atoms with Crippen molar-refractivity contribution in [2.45, 2.75) is 69.8 Å². The number of rotatable bonds is 10. The van der Waals surface area contributed by atoms with Crippen LogP contribution >= 0.6 is 23.1 Å². The normalized spacial score (nSPS) is 21.1. The van der Waals surface area contributed by atoms with Gasteiger partial charge in [0.2, 0.25) is 12.3 Å². The molecular formula is C26H34N4O3S2. The molecule has 2 aliphatic heterocycles. The second-order valence-electron chi connectivity index (χ2n) is 9.95. The predicted molar refractivity (Wildman–Crippen MR) is 139 cm³/mol. The molecule has 1 saturated heterocycles. The van der Waals surface area contributed by atoms with Crippen LogP contribution in [0.2, 0.25) is 0 Å². The number of aromatic nitrogens is 1. The highest BCUT2D eigenvalue weighted by atomic mass is 32.2. The Morgan fingerprint density at radius 3 is 2.83 bits per heavy atom. The Hall–Kier alpha value is -2.23. The van der Waals surface area contributed by atoms with Crippen molar-refractivity contribution < 1.29 is 14.4 Å². The van der Waals surface area contributed by atoms with Crippen molar-refractivity contribution in [3.05, 3.63) is 45.4 Å². The number of fused-ring (bicyclic) bond motifs is 1. The number of nitrogens with zero attached hydrogens (tertiary/aromatic N) is 3. The average Bonchev–Trinajstić information content (AvgIpc) is 3.40. The molecule has 1 aromatic carbocycles. The Bertz CT molecular complexity index is 1060. The van der Waals surface area contributed by atoms with E-state index in [9.17, 15) is 14.4 Å². The number of hydrogen-bond acceptors (Lipinski definition) is 7. The van der Waals surface area contributed by atoms with E-state index >= 15 is 0 Å². The van der Waals surface area contributed by atoms with Gasteiger partial charge in [-0.05, 0) is 49.3 Å². The van der Waals surface area contributed by atoms with Gasteiger partial charge in [-0.25, -0.2) is 4.98 Å². The van der Waals surface area contributed by atoms with Gasteiger partial charge in [0, 0.05) is 54.5 Å². The van der Waals surface area contributed by atoms with Crippen LogP contribution in [-0.2, 0) is 28.4 Å². The minimum Gasteiger partial charge on any atom is -0.332 e. The summed E-state index contributed by atoms with van der Waals surface area (Å²) in [5, 5.41) is 5.45. The molecule has 3 unspecified atom stereocenters. The molecule has 0 bridgehead atoms. The minimum absolute atomic E-state index is 0.00673. The summed E-state index contributed by atoms with van der Waals surface area (Å²) in [6.45, 7) is 10.4. The van der Waals surface area contributed by atoms with E-state index in [4.69, 9.17) is 4.98 Å². The summed E-state index contributed by atoms with van der Waals surface area (Å²) in [6.07, 6.45) is 2.43. The molecule has 3 amide bonds. The van der Waals surface area contributed by atoms with Crippen LogP contribution in [0.3, 0.4) is 0 Å². The first-order valence-corrected chi connectivity index (χ1v) is 14.1. The molecule has 0 spiro atoms. The van der Waals surface area contributed by atoms with Gasteiger partial charge >= 0.3 is 0 Å². The first-order valence-electron chi connectivity index (χ1n) is 12.3. The van der Waals surface area contributed by atoms with Crippen LogP contribution in [0.15, 0.2) is 28.5 Å². The Kier molecular flexibility index (Phi) is 8.62. The van der Waals surface area contributed by atoms with Crippen LogP contribution in [0.1, 0.15) is 66.7 Å². The van der Waals surface area contributed by atoms with Gasteiger partial charge in [-0.15, -0.1) is 23.1 Å². The second-order valence-corrected chi connectivity index (χ2v) is 11.9. The van der Waals surface area contributed by atoms with E-state index in [1.807, 2.05) is 24.0 Å². The van der Waals surface area contributed by atoms with Gasteiger partial charge in [-0.3, -0.25) is 24.6 Å². The van der Waals surface area contributed by atoms with Crippen LogP contribution in [-0.4, -0.2) is 52.1 Å². The third-order valence-corrected chi connectivity index (χ3v) is 8.97. The molecule has 35 heavy (non-hydrogen) atoms. The summed E-state index contributed by atoms with van der Waals surface area (Å²) >= 11 is 3.45. The largest absolute Gasteiger partial charge is 0.332 e. The summed E-state index contributed by atoms with van der Waals surface area (Å²) in [6, 6.07) is 5.81. The Balaban J connectivity index is 1.34. The van der Waals surface area contributed by atoms with Crippen LogP contribution in [0.4, 0.5) is 0 Å². The highest BCUT2D eigenvalue weighted by Crippen LogP contribution is 2.35. The maximum atomic E-state index is 13.0. The van der Waals surface area contributed by atoms with E-state index in [0.717, 1.165) is 63.9 Å². The second kappa shape index (κ2) is 11.7. The Morgan fingerprint density at radius 1 is 1.31 bits per heavy atom. The molecular weight excluding hydrogens is 480 g/mol. The van der Waals surface area contributed by atoms with Gasteiger partial charge in [-0.1, -0.05) is 19.9 Å². The number of piperidine rings is 1. The van der Waals surface area contributed by atoms with E-state index in [1.54, 1.807) is 23.1 Å². The minimum atomic E-state index is -0.320. The maximum Gasteiger partial charge on any atom is 0.254 e. The van der Waals surface area contributed by atoms with Crippen LogP contribution in [0.25, 0.3) is 0 Å². The fraction of sp³-hybridized carbons (Fsp3) is 0.538. The Morgan fingerprint density at radius 2 is 2.09 bits per heavy atom. The van der Waals surface area contributed by atoms with Gasteiger partial charge in [-0.2, -0.15) is 0 Å². The number of nitrogens with one attached hydrogen (secondary N) is 1.